The average molecular weight is 349 g/mol. The fourth-order valence-electron chi connectivity index (χ4n) is 2.74. The zero-order chi connectivity index (χ0) is 14.0. The van der Waals surface area contributed by atoms with Crippen LogP contribution in [0.4, 0.5) is 4.39 Å². The third-order valence-electron chi connectivity index (χ3n) is 3.96. The summed E-state index contributed by atoms with van der Waals surface area (Å²) in [6.45, 7) is 0.263. The van der Waals surface area contributed by atoms with Gasteiger partial charge in [0.2, 0.25) is 0 Å². The van der Waals surface area contributed by atoms with E-state index in [0.717, 1.165) is 32.1 Å². The molecule has 1 aromatic rings. The monoisotopic (exact) mass is 347 g/mol. The first kappa shape index (κ1) is 14.9. The minimum atomic E-state index is -0.653. The lowest BCUT2D eigenvalue weighted by Crippen LogP contribution is -2.40. The van der Waals surface area contributed by atoms with E-state index in [-0.39, 0.29) is 22.9 Å². The van der Waals surface area contributed by atoms with E-state index in [1.54, 1.807) is 6.07 Å². The first-order valence-corrected chi connectivity index (χ1v) is 7.57. The zero-order valence-corrected chi connectivity index (χ0v) is 12.9. The molecule has 1 aromatic carbocycles. The summed E-state index contributed by atoms with van der Waals surface area (Å²) in [6.07, 6.45) is 4.51. The molecule has 0 saturated heterocycles. The summed E-state index contributed by atoms with van der Waals surface area (Å²) in [5.41, 5.74) is 5.25. The van der Waals surface area contributed by atoms with Crippen molar-refractivity contribution in [3.63, 3.8) is 0 Å². The Kier molecular flexibility index (Phi) is 4.64. The van der Waals surface area contributed by atoms with E-state index in [2.05, 4.69) is 15.9 Å². The van der Waals surface area contributed by atoms with Crippen LogP contribution >= 0.6 is 27.5 Å². The van der Waals surface area contributed by atoms with Crippen LogP contribution in [0.3, 0.4) is 0 Å². The van der Waals surface area contributed by atoms with Gasteiger partial charge in [-0.15, -0.1) is 0 Å². The van der Waals surface area contributed by atoms with Crippen LogP contribution in [0, 0.1) is 11.2 Å². The van der Waals surface area contributed by atoms with Crippen molar-refractivity contribution in [2.75, 3.05) is 6.54 Å². The summed E-state index contributed by atoms with van der Waals surface area (Å²) in [6, 6.07) is 3.09. The van der Waals surface area contributed by atoms with Gasteiger partial charge in [0.1, 0.15) is 0 Å². The van der Waals surface area contributed by atoms with Crippen LogP contribution in [0.25, 0.3) is 0 Å². The highest BCUT2D eigenvalue weighted by molar-refractivity contribution is 9.10. The Hall–Kier alpha value is -0.450. The predicted molar refractivity (Wildman–Crippen MR) is 78.0 cm³/mol. The molecule has 1 aliphatic rings. The lowest BCUT2D eigenvalue weighted by atomic mass is 9.69. The van der Waals surface area contributed by atoms with E-state index in [0.29, 0.717) is 4.47 Å². The maximum absolute atomic E-state index is 14.2. The molecule has 0 unspecified atom stereocenters. The van der Waals surface area contributed by atoms with Crippen LogP contribution in [0.1, 0.15) is 42.5 Å². The molecule has 104 valence electrons. The minimum absolute atomic E-state index is 0.0474. The van der Waals surface area contributed by atoms with Gasteiger partial charge in [0.25, 0.3) is 0 Å². The molecule has 2 N–H and O–H groups in total. The van der Waals surface area contributed by atoms with E-state index in [9.17, 15) is 9.18 Å². The number of Topliss-reactive ketones (excluding diaryl/α,β-unsaturated/α-hetero) is 1. The topological polar surface area (TPSA) is 43.1 Å². The summed E-state index contributed by atoms with van der Waals surface area (Å²) >= 11 is 9.00. The van der Waals surface area contributed by atoms with Crippen LogP contribution in [0.15, 0.2) is 16.6 Å². The summed E-state index contributed by atoms with van der Waals surface area (Å²) in [7, 11) is 0. The summed E-state index contributed by atoms with van der Waals surface area (Å²) in [5, 5.41) is -0.0474. The first-order valence-electron chi connectivity index (χ1n) is 6.40. The van der Waals surface area contributed by atoms with Gasteiger partial charge in [-0.1, -0.05) is 30.9 Å². The molecule has 0 aromatic heterocycles. The number of nitrogens with two attached hydrogens (primary N) is 1. The van der Waals surface area contributed by atoms with Crippen molar-refractivity contribution in [3.05, 3.63) is 33.0 Å². The summed E-state index contributed by atoms with van der Waals surface area (Å²) in [5.74, 6) is -0.860. The van der Waals surface area contributed by atoms with Gasteiger partial charge in [-0.3, -0.25) is 4.79 Å². The van der Waals surface area contributed by atoms with Crippen LogP contribution in [0.2, 0.25) is 5.02 Å². The highest BCUT2D eigenvalue weighted by Crippen LogP contribution is 2.40. The van der Waals surface area contributed by atoms with E-state index in [4.69, 9.17) is 17.3 Å². The number of carbonyl (C=O) groups is 1. The van der Waals surface area contributed by atoms with Gasteiger partial charge in [0.05, 0.1) is 10.6 Å². The minimum Gasteiger partial charge on any atom is -0.329 e. The van der Waals surface area contributed by atoms with Crippen LogP contribution < -0.4 is 5.73 Å². The summed E-state index contributed by atoms with van der Waals surface area (Å²) in [4.78, 5) is 12.6. The Morgan fingerprint density at radius 1 is 1.37 bits per heavy atom. The van der Waals surface area contributed by atoms with Crippen molar-refractivity contribution in [2.45, 2.75) is 32.1 Å². The molecular weight excluding hydrogens is 333 g/mol. The molecule has 2 nitrogen and oxygen atoms in total. The standard InChI is InChI=1S/C14H16BrClFNO/c15-10-5-4-9(12(17)11(10)16)13(19)14(8-18)6-2-1-3-7-14/h4-5H,1-3,6-8,18H2. The van der Waals surface area contributed by atoms with Gasteiger partial charge in [-0.2, -0.15) is 0 Å². The van der Waals surface area contributed by atoms with Crippen molar-refractivity contribution in [1.29, 1.82) is 0 Å². The van der Waals surface area contributed by atoms with Gasteiger partial charge >= 0.3 is 0 Å². The molecule has 19 heavy (non-hydrogen) atoms. The molecule has 0 heterocycles. The largest absolute Gasteiger partial charge is 0.329 e. The quantitative estimate of drug-likeness (QED) is 0.652. The maximum Gasteiger partial charge on any atom is 0.173 e. The molecule has 0 spiro atoms. The molecule has 0 bridgehead atoms. The third-order valence-corrected chi connectivity index (χ3v) is 5.22. The number of carbonyl (C=O) groups excluding carboxylic acids is 1. The van der Waals surface area contributed by atoms with E-state index < -0.39 is 11.2 Å². The number of hydrogen-bond acceptors (Lipinski definition) is 2. The van der Waals surface area contributed by atoms with Crippen molar-refractivity contribution in [3.8, 4) is 0 Å². The molecule has 0 radical (unpaired) electrons. The van der Waals surface area contributed by atoms with Crippen LogP contribution in [0.5, 0.6) is 0 Å². The number of benzene rings is 1. The number of ketones is 1. The van der Waals surface area contributed by atoms with Crippen molar-refractivity contribution in [1.82, 2.24) is 0 Å². The summed E-state index contributed by atoms with van der Waals surface area (Å²) < 4.78 is 14.6. The number of hydrogen-bond donors (Lipinski definition) is 1. The van der Waals surface area contributed by atoms with Crippen molar-refractivity contribution in [2.24, 2.45) is 11.1 Å². The van der Waals surface area contributed by atoms with Crippen molar-refractivity contribution >= 4 is 33.3 Å². The Balaban J connectivity index is 2.40. The second kappa shape index (κ2) is 5.90. The van der Waals surface area contributed by atoms with Gasteiger partial charge < -0.3 is 5.73 Å². The molecule has 1 fully saturated rings. The molecular formula is C14H16BrClFNO. The lowest BCUT2D eigenvalue weighted by Gasteiger charge is -2.34. The SMILES string of the molecule is NCC1(C(=O)c2ccc(Br)c(Cl)c2F)CCCCC1. The molecule has 1 aliphatic carbocycles. The molecule has 2 rings (SSSR count). The Morgan fingerprint density at radius 2 is 2.00 bits per heavy atom. The van der Waals surface area contributed by atoms with E-state index in [1.807, 2.05) is 0 Å². The maximum atomic E-state index is 14.2. The lowest BCUT2D eigenvalue weighted by molar-refractivity contribution is 0.0725. The molecule has 5 heteroatoms. The van der Waals surface area contributed by atoms with Crippen molar-refractivity contribution < 1.29 is 9.18 Å². The predicted octanol–water partition coefficient (Wildman–Crippen LogP) is 4.33. The fraction of sp³-hybridized carbons (Fsp3) is 0.500. The average Bonchev–Trinajstić information content (AvgIpc) is 2.45. The zero-order valence-electron chi connectivity index (χ0n) is 10.5. The van der Waals surface area contributed by atoms with Gasteiger partial charge in [0, 0.05) is 16.4 Å². The van der Waals surface area contributed by atoms with E-state index in [1.165, 1.54) is 6.07 Å². The Bertz CT molecular complexity index is 500. The highest BCUT2D eigenvalue weighted by atomic mass is 79.9. The highest BCUT2D eigenvalue weighted by Gasteiger charge is 2.39. The Morgan fingerprint density at radius 3 is 2.58 bits per heavy atom. The molecule has 0 amide bonds. The third kappa shape index (κ3) is 2.71. The fourth-order valence-corrected chi connectivity index (χ4v) is 3.21. The van der Waals surface area contributed by atoms with Gasteiger partial charge in [-0.05, 0) is 40.9 Å². The Labute approximate surface area is 125 Å². The normalized spacial score (nSPS) is 18.3. The van der Waals surface area contributed by atoms with Crippen LogP contribution in [-0.2, 0) is 0 Å². The molecule has 0 atom stereocenters. The van der Waals surface area contributed by atoms with E-state index >= 15 is 0 Å². The van der Waals surface area contributed by atoms with Gasteiger partial charge in [0.15, 0.2) is 11.6 Å². The smallest absolute Gasteiger partial charge is 0.173 e. The van der Waals surface area contributed by atoms with Gasteiger partial charge in [-0.25, -0.2) is 4.39 Å². The molecule has 0 aliphatic heterocycles. The second-order valence-corrected chi connectivity index (χ2v) is 6.33. The number of halogens is 3. The molecule has 1 saturated carbocycles. The number of rotatable bonds is 3. The first-order chi connectivity index (χ1) is 9.02. The second-order valence-electron chi connectivity index (χ2n) is 5.10. The van der Waals surface area contributed by atoms with Crippen LogP contribution in [-0.4, -0.2) is 12.3 Å².